The van der Waals surface area contributed by atoms with Gasteiger partial charge < -0.3 is 13.7 Å². The van der Waals surface area contributed by atoms with Crippen molar-refractivity contribution in [2.45, 2.75) is 0 Å². The zero-order valence-electron chi connectivity index (χ0n) is 36.4. The second kappa shape index (κ2) is 16.0. The second-order valence-electron chi connectivity index (χ2n) is 17.2. The number of nitrogens with zero attached hydrogens (tertiary/aromatic N) is 1. The van der Waals surface area contributed by atoms with Crippen LogP contribution in [0, 0.1) is 0 Å². The minimum absolute atomic E-state index is 0.881. The lowest BCUT2D eigenvalue weighted by atomic mass is 9.99. The number of rotatable bonds is 8. The Morgan fingerprint density at radius 2 is 0.701 bits per heavy atom. The minimum atomic E-state index is 0.881. The van der Waals surface area contributed by atoms with Gasteiger partial charge in [0.1, 0.15) is 22.3 Å². The third-order valence-electron chi connectivity index (χ3n) is 13.3. The summed E-state index contributed by atoms with van der Waals surface area (Å²) in [7, 11) is 0. The van der Waals surface area contributed by atoms with Crippen molar-refractivity contribution in [1.29, 1.82) is 0 Å². The molecule has 0 atom stereocenters. The Balaban J connectivity index is 0.906. The van der Waals surface area contributed by atoms with Crippen LogP contribution in [0.25, 0.3) is 110 Å². The van der Waals surface area contributed by atoms with Crippen molar-refractivity contribution in [2.75, 3.05) is 4.90 Å². The van der Waals surface area contributed by atoms with Crippen molar-refractivity contribution < 1.29 is 8.83 Å². The van der Waals surface area contributed by atoms with E-state index >= 15 is 0 Å². The smallest absolute Gasteiger partial charge is 0.143 e. The molecule has 3 heteroatoms. The molecule has 0 aliphatic heterocycles. The van der Waals surface area contributed by atoms with Crippen molar-refractivity contribution in [3.05, 3.63) is 249 Å². The molecule has 0 unspecified atom stereocenters. The third-order valence-corrected chi connectivity index (χ3v) is 13.3. The van der Waals surface area contributed by atoms with E-state index in [0.29, 0.717) is 0 Å². The SMILES string of the molecule is c1ccc(-c2cccc3c2oc2ccc(-c4ccc(N(c5ccc(-c6ccc7ccccc7c6)cc5)c5cccc(-c6cccc7c6oc6c(-c8ccccc8)cccc67)c5)cc4)cc23)cc1. The van der Waals surface area contributed by atoms with E-state index < -0.39 is 0 Å². The molecule has 0 spiro atoms. The summed E-state index contributed by atoms with van der Waals surface area (Å²) >= 11 is 0. The lowest BCUT2D eigenvalue weighted by molar-refractivity contribution is 0.670. The van der Waals surface area contributed by atoms with E-state index in [4.69, 9.17) is 8.83 Å². The topological polar surface area (TPSA) is 29.5 Å². The predicted octanol–water partition coefficient (Wildman–Crippen LogP) is 18.4. The van der Waals surface area contributed by atoms with Gasteiger partial charge in [0.15, 0.2) is 0 Å². The van der Waals surface area contributed by atoms with Crippen LogP contribution in [0.5, 0.6) is 0 Å². The maximum atomic E-state index is 6.88. The largest absolute Gasteiger partial charge is 0.455 e. The van der Waals surface area contributed by atoms with Gasteiger partial charge >= 0.3 is 0 Å². The van der Waals surface area contributed by atoms with E-state index in [-0.39, 0.29) is 0 Å². The number of fused-ring (bicyclic) bond motifs is 7. The highest BCUT2D eigenvalue weighted by Gasteiger charge is 2.19. The van der Waals surface area contributed by atoms with Gasteiger partial charge in [-0.05, 0) is 104 Å². The molecule has 0 bridgehead atoms. The van der Waals surface area contributed by atoms with Crippen LogP contribution in [-0.2, 0) is 0 Å². The first-order valence-electron chi connectivity index (χ1n) is 22.8. The summed E-state index contributed by atoms with van der Waals surface area (Å²) in [5.74, 6) is 0. The van der Waals surface area contributed by atoms with Gasteiger partial charge in [0, 0.05) is 55.3 Å². The molecule has 0 aliphatic carbocycles. The van der Waals surface area contributed by atoms with Crippen molar-refractivity contribution in [3.63, 3.8) is 0 Å². The first-order valence-corrected chi connectivity index (χ1v) is 22.8. The Kier molecular flexibility index (Phi) is 9.17. The average Bonchev–Trinajstić information content (AvgIpc) is 3.98. The van der Waals surface area contributed by atoms with Crippen LogP contribution in [-0.4, -0.2) is 0 Å². The van der Waals surface area contributed by atoms with Gasteiger partial charge in [-0.2, -0.15) is 0 Å². The Labute approximate surface area is 388 Å². The molecular weight excluding hydrogens is 815 g/mol. The number of para-hydroxylation sites is 3. The molecule has 0 saturated heterocycles. The molecule has 0 saturated carbocycles. The number of furan rings is 2. The van der Waals surface area contributed by atoms with Crippen LogP contribution in [0.4, 0.5) is 17.1 Å². The van der Waals surface area contributed by atoms with Crippen molar-refractivity contribution >= 4 is 71.7 Å². The molecule has 2 heterocycles. The highest BCUT2D eigenvalue weighted by Crippen LogP contribution is 2.44. The standard InChI is InChI=1S/C64H41NO2/c1-3-14-45(15-4-1)54-21-11-26-59-60-41-49(33-38-61(60)66-62(54)59)44-31-36-52(37-32-44)65(51-34-29-43(30-35-51)48-28-27-42-13-7-8-18-47(42)39-48)53-20-9-19-50(40-53)56-23-12-25-58-57-24-10-22-55(63(57)67-64(56)58)46-16-5-2-6-17-46/h1-41H. The van der Waals surface area contributed by atoms with Crippen molar-refractivity contribution in [2.24, 2.45) is 0 Å². The number of hydrogen-bond donors (Lipinski definition) is 0. The summed E-state index contributed by atoms with van der Waals surface area (Å²) in [6.07, 6.45) is 0. The normalized spacial score (nSPS) is 11.6. The van der Waals surface area contributed by atoms with Gasteiger partial charge in [0.2, 0.25) is 0 Å². The number of hydrogen-bond acceptors (Lipinski definition) is 3. The zero-order chi connectivity index (χ0) is 44.3. The first-order chi connectivity index (χ1) is 33.2. The average molecular weight is 856 g/mol. The number of anilines is 3. The first kappa shape index (κ1) is 38.5. The molecule has 2 aromatic heterocycles. The van der Waals surface area contributed by atoms with E-state index in [1.165, 1.54) is 21.9 Å². The molecule has 13 aromatic rings. The minimum Gasteiger partial charge on any atom is -0.455 e. The Morgan fingerprint density at radius 1 is 0.239 bits per heavy atom. The summed E-state index contributed by atoms with van der Waals surface area (Å²) in [4.78, 5) is 2.35. The Bertz CT molecular complexity index is 3960. The van der Waals surface area contributed by atoms with E-state index in [9.17, 15) is 0 Å². The van der Waals surface area contributed by atoms with E-state index in [0.717, 1.165) is 105 Å². The highest BCUT2D eigenvalue weighted by atomic mass is 16.3. The summed E-state index contributed by atoms with van der Waals surface area (Å²) < 4.78 is 13.4. The van der Waals surface area contributed by atoms with Gasteiger partial charge in [-0.25, -0.2) is 0 Å². The molecule has 13 rings (SSSR count). The molecule has 314 valence electrons. The molecular formula is C64H41NO2. The Morgan fingerprint density at radius 3 is 1.31 bits per heavy atom. The fraction of sp³-hybridized carbons (Fsp3) is 0. The van der Waals surface area contributed by atoms with Gasteiger partial charge in [-0.3, -0.25) is 0 Å². The van der Waals surface area contributed by atoms with Crippen LogP contribution in [0.15, 0.2) is 258 Å². The van der Waals surface area contributed by atoms with Crippen molar-refractivity contribution in [1.82, 2.24) is 0 Å². The van der Waals surface area contributed by atoms with Crippen LogP contribution >= 0.6 is 0 Å². The predicted molar refractivity (Wildman–Crippen MR) is 280 cm³/mol. The fourth-order valence-corrected chi connectivity index (χ4v) is 9.95. The van der Waals surface area contributed by atoms with Crippen LogP contribution in [0.1, 0.15) is 0 Å². The summed E-state index contributed by atoms with van der Waals surface area (Å²) in [6, 6.07) is 88.7. The lowest BCUT2D eigenvalue weighted by Gasteiger charge is -2.26. The highest BCUT2D eigenvalue weighted by molar-refractivity contribution is 6.13. The molecule has 0 amide bonds. The Hall–Kier alpha value is -8.92. The van der Waals surface area contributed by atoms with Gasteiger partial charge in [-0.1, -0.05) is 194 Å². The fourth-order valence-electron chi connectivity index (χ4n) is 9.95. The van der Waals surface area contributed by atoms with Crippen molar-refractivity contribution in [3.8, 4) is 55.6 Å². The third kappa shape index (κ3) is 6.76. The van der Waals surface area contributed by atoms with E-state index in [1.54, 1.807) is 0 Å². The monoisotopic (exact) mass is 855 g/mol. The molecule has 0 fully saturated rings. The summed E-state index contributed by atoms with van der Waals surface area (Å²) in [5.41, 5.74) is 18.0. The second-order valence-corrected chi connectivity index (χ2v) is 17.2. The molecule has 0 aliphatic rings. The van der Waals surface area contributed by atoms with Gasteiger partial charge in [0.05, 0.1) is 0 Å². The van der Waals surface area contributed by atoms with E-state index in [1.807, 2.05) is 6.07 Å². The van der Waals surface area contributed by atoms with Crippen LogP contribution in [0.3, 0.4) is 0 Å². The van der Waals surface area contributed by atoms with Crippen LogP contribution in [0.2, 0.25) is 0 Å². The van der Waals surface area contributed by atoms with Crippen LogP contribution < -0.4 is 4.90 Å². The molecule has 0 radical (unpaired) electrons. The quantitative estimate of drug-likeness (QED) is 0.152. The lowest BCUT2D eigenvalue weighted by Crippen LogP contribution is -2.10. The molecule has 11 aromatic carbocycles. The molecule has 3 nitrogen and oxygen atoms in total. The zero-order valence-corrected chi connectivity index (χ0v) is 36.4. The molecule has 67 heavy (non-hydrogen) atoms. The maximum Gasteiger partial charge on any atom is 0.143 e. The number of benzene rings is 11. The summed E-state index contributed by atoms with van der Waals surface area (Å²) in [5, 5.41) is 6.90. The molecule has 0 N–H and O–H groups in total. The van der Waals surface area contributed by atoms with Gasteiger partial charge in [0.25, 0.3) is 0 Å². The maximum absolute atomic E-state index is 6.88. The summed E-state index contributed by atoms with van der Waals surface area (Å²) in [6.45, 7) is 0. The van der Waals surface area contributed by atoms with Gasteiger partial charge in [-0.15, -0.1) is 0 Å². The van der Waals surface area contributed by atoms with E-state index in [2.05, 4.69) is 248 Å².